The fourth-order valence-corrected chi connectivity index (χ4v) is 2.44. The Morgan fingerprint density at radius 2 is 2.15 bits per heavy atom. The molecule has 0 saturated heterocycles. The quantitative estimate of drug-likeness (QED) is 0.922. The molecule has 1 aliphatic carbocycles. The van der Waals surface area contributed by atoms with Crippen molar-refractivity contribution in [2.75, 3.05) is 0 Å². The van der Waals surface area contributed by atoms with Crippen LogP contribution in [0.3, 0.4) is 0 Å². The first-order chi connectivity index (χ1) is 9.74. The van der Waals surface area contributed by atoms with Crippen LogP contribution >= 0.6 is 0 Å². The van der Waals surface area contributed by atoms with Gasteiger partial charge in [0.05, 0.1) is 5.69 Å². The van der Waals surface area contributed by atoms with Gasteiger partial charge < -0.3 is 9.84 Å². The van der Waals surface area contributed by atoms with Gasteiger partial charge in [0.1, 0.15) is 24.2 Å². The van der Waals surface area contributed by atoms with Crippen LogP contribution in [0.15, 0.2) is 30.7 Å². The molecule has 0 radical (unpaired) electrons. The highest BCUT2D eigenvalue weighted by atomic mass is 16.5. The summed E-state index contributed by atoms with van der Waals surface area (Å²) in [6.07, 6.45) is 6.02. The SMILES string of the molecule is O=C(O)c1cncnc1COc1ccc2c(c1)CCC2. The van der Waals surface area contributed by atoms with Gasteiger partial charge in [-0.2, -0.15) is 0 Å². The number of hydrogen-bond acceptors (Lipinski definition) is 4. The zero-order valence-electron chi connectivity index (χ0n) is 10.9. The van der Waals surface area contributed by atoms with Gasteiger partial charge in [-0.25, -0.2) is 14.8 Å². The lowest BCUT2D eigenvalue weighted by Crippen LogP contribution is -2.08. The van der Waals surface area contributed by atoms with Crippen LogP contribution in [-0.2, 0) is 19.4 Å². The predicted molar refractivity (Wildman–Crippen MR) is 71.8 cm³/mol. The average Bonchev–Trinajstić information content (AvgIpc) is 2.92. The van der Waals surface area contributed by atoms with E-state index in [4.69, 9.17) is 9.84 Å². The van der Waals surface area contributed by atoms with E-state index in [9.17, 15) is 4.79 Å². The minimum absolute atomic E-state index is 0.0775. The number of rotatable bonds is 4. The number of carboxylic acids is 1. The van der Waals surface area contributed by atoms with E-state index in [2.05, 4.69) is 16.0 Å². The highest BCUT2D eigenvalue weighted by Gasteiger charge is 2.14. The maximum atomic E-state index is 11.1. The van der Waals surface area contributed by atoms with Crippen molar-refractivity contribution in [3.05, 3.63) is 53.1 Å². The van der Waals surface area contributed by atoms with Crippen molar-refractivity contribution in [1.29, 1.82) is 0 Å². The molecule has 20 heavy (non-hydrogen) atoms. The normalized spacial score (nSPS) is 13.0. The molecule has 5 nitrogen and oxygen atoms in total. The first-order valence-electron chi connectivity index (χ1n) is 6.51. The molecule has 0 saturated carbocycles. The summed E-state index contributed by atoms with van der Waals surface area (Å²) in [5.41, 5.74) is 3.16. The molecule has 102 valence electrons. The summed E-state index contributed by atoms with van der Waals surface area (Å²) < 4.78 is 5.65. The second-order valence-electron chi connectivity index (χ2n) is 4.76. The number of benzene rings is 1. The molecule has 0 spiro atoms. The lowest BCUT2D eigenvalue weighted by Gasteiger charge is -2.09. The minimum atomic E-state index is -1.04. The highest BCUT2D eigenvalue weighted by Crippen LogP contribution is 2.26. The van der Waals surface area contributed by atoms with E-state index in [1.807, 2.05) is 12.1 Å². The molecule has 0 bridgehead atoms. The van der Waals surface area contributed by atoms with Crippen molar-refractivity contribution in [2.24, 2.45) is 0 Å². The van der Waals surface area contributed by atoms with Gasteiger partial charge in [0.15, 0.2) is 0 Å². The molecule has 3 rings (SSSR count). The van der Waals surface area contributed by atoms with Crippen LogP contribution in [-0.4, -0.2) is 21.0 Å². The third kappa shape index (κ3) is 2.47. The number of hydrogen-bond donors (Lipinski definition) is 1. The van der Waals surface area contributed by atoms with E-state index in [1.54, 1.807) is 0 Å². The highest BCUT2D eigenvalue weighted by molar-refractivity contribution is 5.88. The number of carboxylic acid groups (broad SMARTS) is 1. The lowest BCUT2D eigenvalue weighted by molar-refractivity contribution is 0.0692. The van der Waals surface area contributed by atoms with Crippen LogP contribution in [0.2, 0.25) is 0 Å². The van der Waals surface area contributed by atoms with Crippen LogP contribution in [0.4, 0.5) is 0 Å². The zero-order valence-corrected chi connectivity index (χ0v) is 10.9. The summed E-state index contributed by atoms with van der Waals surface area (Å²) in [4.78, 5) is 18.7. The predicted octanol–water partition coefficient (Wildman–Crippen LogP) is 2.24. The van der Waals surface area contributed by atoms with Crippen molar-refractivity contribution < 1.29 is 14.6 Å². The van der Waals surface area contributed by atoms with Crippen molar-refractivity contribution in [1.82, 2.24) is 9.97 Å². The average molecular weight is 270 g/mol. The minimum Gasteiger partial charge on any atom is -0.487 e. The molecule has 0 amide bonds. The number of aromatic carboxylic acids is 1. The zero-order chi connectivity index (χ0) is 13.9. The van der Waals surface area contributed by atoms with Crippen LogP contribution in [0.25, 0.3) is 0 Å². The van der Waals surface area contributed by atoms with Crippen LogP contribution < -0.4 is 4.74 Å². The van der Waals surface area contributed by atoms with Gasteiger partial charge in [-0.1, -0.05) is 6.07 Å². The van der Waals surface area contributed by atoms with Gasteiger partial charge in [0.2, 0.25) is 0 Å². The van der Waals surface area contributed by atoms with Gasteiger partial charge in [-0.15, -0.1) is 0 Å². The van der Waals surface area contributed by atoms with Crippen molar-refractivity contribution in [3.8, 4) is 5.75 Å². The Morgan fingerprint density at radius 3 is 3.00 bits per heavy atom. The summed E-state index contributed by atoms with van der Waals surface area (Å²) in [6.45, 7) is 0.128. The van der Waals surface area contributed by atoms with Crippen molar-refractivity contribution in [2.45, 2.75) is 25.9 Å². The Balaban J connectivity index is 1.75. The van der Waals surface area contributed by atoms with E-state index < -0.39 is 5.97 Å². The molecular weight excluding hydrogens is 256 g/mol. The largest absolute Gasteiger partial charge is 0.487 e. The van der Waals surface area contributed by atoms with E-state index in [0.29, 0.717) is 5.69 Å². The summed E-state index contributed by atoms with van der Waals surface area (Å²) in [6, 6.07) is 6.03. The molecule has 0 atom stereocenters. The molecule has 1 heterocycles. The monoisotopic (exact) mass is 270 g/mol. The second-order valence-corrected chi connectivity index (χ2v) is 4.76. The van der Waals surface area contributed by atoms with Gasteiger partial charge >= 0.3 is 5.97 Å². The summed E-state index contributed by atoms with van der Waals surface area (Å²) in [7, 11) is 0. The molecule has 1 aliphatic rings. The molecule has 0 aliphatic heterocycles. The molecule has 1 aromatic carbocycles. The Labute approximate surface area is 116 Å². The first-order valence-corrected chi connectivity index (χ1v) is 6.51. The van der Waals surface area contributed by atoms with Crippen molar-refractivity contribution in [3.63, 3.8) is 0 Å². The lowest BCUT2D eigenvalue weighted by atomic mass is 10.1. The number of carbonyl (C=O) groups is 1. The fraction of sp³-hybridized carbons (Fsp3) is 0.267. The third-order valence-electron chi connectivity index (χ3n) is 3.47. The van der Waals surface area contributed by atoms with Gasteiger partial charge in [-0.3, -0.25) is 0 Å². The molecule has 0 unspecified atom stereocenters. The second kappa shape index (κ2) is 5.28. The molecule has 1 aromatic heterocycles. The van der Waals surface area contributed by atoms with E-state index >= 15 is 0 Å². The number of nitrogens with zero attached hydrogens (tertiary/aromatic N) is 2. The number of aryl methyl sites for hydroxylation is 2. The van der Waals surface area contributed by atoms with Crippen molar-refractivity contribution >= 4 is 5.97 Å². The van der Waals surface area contributed by atoms with Crippen LogP contribution in [0.1, 0.15) is 33.6 Å². The van der Waals surface area contributed by atoms with E-state index in [0.717, 1.165) is 18.6 Å². The smallest absolute Gasteiger partial charge is 0.339 e. The van der Waals surface area contributed by atoms with Gasteiger partial charge in [0, 0.05) is 6.20 Å². The summed E-state index contributed by atoms with van der Waals surface area (Å²) in [5, 5.41) is 9.05. The topological polar surface area (TPSA) is 72.3 Å². The summed E-state index contributed by atoms with van der Waals surface area (Å²) in [5.74, 6) is -0.293. The fourth-order valence-electron chi connectivity index (χ4n) is 2.44. The Kier molecular flexibility index (Phi) is 3.33. The third-order valence-corrected chi connectivity index (χ3v) is 3.47. The Morgan fingerprint density at radius 1 is 1.30 bits per heavy atom. The first kappa shape index (κ1) is 12.6. The summed E-state index contributed by atoms with van der Waals surface area (Å²) >= 11 is 0. The molecule has 1 N–H and O–H groups in total. The standard InChI is InChI=1S/C15H14N2O3/c18-15(19)13-7-16-9-17-14(13)8-20-12-5-4-10-2-1-3-11(10)6-12/h4-7,9H,1-3,8H2,(H,18,19). The van der Waals surface area contributed by atoms with E-state index in [-0.39, 0.29) is 12.2 Å². The Bertz CT molecular complexity index is 655. The van der Waals surface area contributed by atoms with Crippen LogP contribution in [0, 0.1) is 0 Å². The van der Waals surface area contributed by atoms with Crippen LogP contribution in [0.5, 0.6) is 5.75 Å². The molecule has 5 heteroatoms. The number of fused-ring (bicyclic) bond motifs is 1. The Hall–Kier alpha value is -2.43. The van der Waals surface area contributed by atoms with E-state index in [1.165, 1.54) is 30.1 Å². The van der Waals surface area contributed by atoms with Gasteiger partial charge in [-0.05, 0) is 42.5 Å². The number of ether oxygens (including phenoxy) is 1. The molecule has 2 aromatic rings. The maximum Gasteiger partial charge on any atom is 0.339 e. The number of aromatic nitrogens is 2. The molecular formula is C15H14N2O3. The van der Waals surface area contributed by atoms with Gasteiger partial charge in [0.25, 0.3) is 0 Å². The molecule has 0 fully saturated rings. The maximum absolute atomic E-state index is 11.1.